The lowest BCUT2D eigenvalue weighted by molar-refractivity contribution is -0.902. The molecule has 1 fully saturated rings. The second-order valence-electron chi connectivity index (χ2n) is 6.51. The third kappa shape index (κ3) is 2.73. The molecule has 0 aromatic carbocycles. The number of hydrogen-bond acceptors (Lipinski definition) is 0. The molecule has 3 unspecified atom stereocenters. The van der Waals surface area contributed by atoms with Gasteiger partial charge in [-0.05, 0) is 24.7 Å². The first kappa shape index (κ1) is 12.0. The van der Waals surface area contributed by atoms with Gasteiger partial charge in [-0.2, -0.15) is 0 Å². The Morgan fingerprint density at radius 3 is 2.07 bits per heavy atom. The SMILES string of the molecule is CC1CCC(C(C)C)C([N+](C)(C)C)C1. The zero-order valence-corrected chi connectivity index (χ0v) is 10.9. The van der Waals surface area contributed by atoms with E-state index < -0.39 is 0 Å². The van der Waals surface area contributed by atoms with E-state index in [1.165, 1.54) is 19.3 Å². The Hall–Kier alpha value is -0.0400. The molecular weight excluding hydrogens is 170 g/mol. The largest absolute Gasteiger partial charge is 0.328 e. The van der Waals surface area contributed by atoms with Crippen LogP contribution in [0.4, 0.5) is 0 Å². The van der Waals surface area contributed by atoms with Crippen molar-refractivity contribution < 1.29 is 4.48 Å². The molecule has 0 aliphatic heterocycles. The molecule has 0 saturated heterocycles. The van der Waals surface area contributed by atoms with E-state index in [1.54, 1.807) is 0 Å². The lowest BCUT2D eigenvalue weighted by atomic mass is 9.73. The van der Waals surface area contributed by atoms with E-state index in [-0.39, 0.29) is 0 Å². The maximum atomic E-state index is 2.42. The van der Waals surface area contributed by atoms with Gasteiger partial charge >= 0.3 is 0 Å². The van der Waals surface area contributed by atoms with E-state index in [0.717, 1.165) is 28.3 Å². The third-order valence-electron chi connectivity index (χ3n) is 3.98. The van der Waals surface area contributed by atoms with Crippen molar-refractivity contribution in [3.05, 3.63) is 0 Å². The summed E-state index contributed by atoms with van der Waals surface area (Å²) in [6.45, 7) is 7.20. The molecule has 1 aliphatic carbocycles. The van der Waals surface area contributed by atoms with Crippen LogP contribution in [0.5, 0.6) is 0 Å². The molecule has 0 bridgehead atoms. The minimum absolute atomic E-state index is 0.852. The molecule has 1 aliphatic rings. The van der Waals surface area contributed by atoms with Gasteiger partial charge in [0.1, 0.15) is 0 Å². The van der Waals surface area contributed by atoms with E-state index in [2.05, 4.69) is 41.9 Å². The van der Waals surface area contributed by atoms with Crippen LogP contribution in [0.25, 0.3) is 0 Å². The highest BCUT2D eigenvalue weighted by atomic mass is 15.3. The molecule has 0 spiro atoms. The summed E-state index contributed by atoms with van der Waals surface area (Å²) in [5, 5.41) is 0. The molecule has 1 saturated carbocycles. The van der Waals surface area contributed by atoms with Gasteiger partial charge in [0, 0.05) is 12.3 Å². The monoisotopic (exact) mass is 198 g/mol. The Morgan fingerprint density at radius 2 is 1.64 bits per heavy atom. The number of quaternary nitrogens is 1. The van der Waals surface area contributed by atoms with Crippen molar-refractivity contribution >= 4 is 0 Å². The number of nitrogens with zero attached hydrogens (tertiary/aromatic N) is 1. The Bertz CT molecular complexity index is 178. The van der Waals surface area contributed by atoms with Crippen molar-refractivity contribution in [2.45, 2.75) is 46.1 Å². The summed E-state index contributed by atoms with van der Waals surface area (Å²) in [7, 11) is 7.08. The molecule has 14 heavy (non-hydrogen) atoms. The Balaban J connectivity index is 2.74. The van der Waals surface area contributed by atoms with Crippen molar-refractivity contribution in [1.29, 1.82) is 0 Å². The highest BCUT2D eigenvalue weighted by Gasteiger charge is 2.38. The predicted molar refractivity (Wildman–Crippen MR) is 63.2 cm³/mol. The summed E-state index contributed by atoms with van der Waals surface area (Å²) >= 11 is 0. The van der Waals surface area contributed by atoms with Gasteiger partial charge in [0.05, 0.1) is 27.2 Å². The van der Waals surface area contributed by atoms with Crippen LogP contribution < -0.4 is 0 Å². The second kappa shape index (κ2) is 4.22. The van der Waals surface area contributed by atoms with E-state index in [4.69, 9.17) is 0 Å². The summed E-state index contributed by atoms with van der Waals surface area (Å²) in [4.78, 5) is 0. The third-order valence-corrected chi connectivity index (χ3v) is 3.98. The predicted octanol–water partition coefficient (Wildman–Crippen LogP) is 3.15. The van der Waals surface area contributed by atoms with Crippen molar-refractivity contribution in [2.75, 3.05) is 21.1 Å². The van der Waals surface area contributed by atoms with E-state index >= 15 is 0 Å². The van der Waals surface area contributed by atoms with Crippen molar-refractivity contribution in [3.8, 4) is 0 Å². The van der Waals surface area contributed by atoms with Gasteiger partial charge in [-0.25, -0.2) is 0 Å². The molecule has 0 amide bonds. The fraction of sp³-hybridized carbons (Fsp3) is 1.00. The summed E-state index contributed by atoms with van der Waals surface area (Å²) in [5.41, 5.74) is 0. The Kier molecular flexibility index (Phi) is 3.63. The fourth-order valence-corrected chi connectivity index (χ4v) is 3.04. The highest BCUT2D eigenvalue weighted by Crippen LogP contribution is 2.37. The lowest BCUT2D eigenvalue weighted by Crippen LogP contribution is -2.52. The molecule has 1 rings (SSSR count). The standard InChI is InChI=1S/C13H28N/c1-10(2)12-8-7-11(3)9-13(12)14(4,5)6/h10-13H,7-9H2,1-6H3/q+1. The smallest absolute Gasteiger partial charge is 0.0917 e. The topological polar surface area (TPSA) is 0 Å². The van der Waals surface area contributed by atoms with Gasteiger partial charge in [-0.3, -0.25) is 0 Å². The van der Waals surface area contributed by atoms with E-state index in [9.17, 15) is 0 Å². The first-order valence-corrected chi connectivity index (χ1v) is 6.13. The molecule has 1 heteroatoms. The minimum atomic E-state index is 0.852. The van der Waals surface area contributed by atoms with Gasteiger partial charge in [0.25, 0.3) is 0 Å². The first-order valence-electron chi connectivity index (χ1n) is 6.13. The maximum absolute atomic E-state index is 2.42. The summed E-state index contributed by atoms with van der Waals surface area (Å²) in [6.07, 6.45) is 4.31. The Morgan fingerprint density at radius 1 is 1.07 bits per heavy atom. The first-order chi connectivity index (χ1) is 6.32. The normalized spacial score (nSPS) is 34.9. The zero-order chi connectivity index (χ0) is 10.9. The molecule has 3 atom stereocenters. The fourth-order valence-electron chi connectivity index (χ4n) is 3.04. The van der Waals surface area contributed by atoms with Gasteiger partial charge < -0.3 is 4.48 Å². The average molecular weight is 198 g/mol. The minimum Gasteiger partial charge on any atom is -0.328 e. The van der Waals surface area contributed by atoms with E-state index in [0.29, 0.717) is 0 Å². The summed E-state index contributed by atoms with van der Waals surface area (Å²) in [6, 6.07) is 0.874. The van der Waals surface area contributed by atoms with Crippen LogP contribution in [0.3, 0.4) is 0 Å². The van der Waals surface area contributed by atoms with Gasteiger partial charge in [0.2, 0.25) is 0 Å². The van der Waals surface area contributed by atoms with Crippen molar-refractivity contribution in [3.63, 3.8) is 0 Å². The summed E-state index contributed by atoms with van der Waals surface area (Å²) < 4.78 is 1.15. The van der Waals surface area contributed by atoms with Crippen LogP contribution in [-0.4, -0.2) is 31.7 Å². The quantitative estimate of drug-likeness (QED) is 0.598. The molecule has 0 radical (unpaired) electrons. The number of rotatable bonds is 2. The maximum Gasteiger partial charge on any atom is 0.0917 e. The van der Waals surface area contributed by atoms with Crippen LogP contribution in [0, 0.1) is 17.8 Å². The van der Waals surface area contributed by atoms with Gasteiger partial charge in [0.15, 0.2) is 0 Å². The molecule has 0 heterocycles. The molecule has 1 nitrogen and oxygen atoms in total. The van der Waals surface area contributed by atoms with Crippen LogP contribution in [-0.2, 0) is 0 Å². The molecule has 0 N–H and O–H groups in total. The van der Waals surface area contributed by atoms with Gasteiger partial charge in [-0.15, -0.1) is 0 Å². The van der Waals surface area contributed by atoms with Crippen molar-refractivity contribution in [2.24, 2.45) is 17.8 Å². The molecular formula is C13H28N+. The van der Waals surface area contributed by atoms with Crippen LogP contribution in [0.2, 0.25) is 0 Å². The molecule has 84 valence electrons. The Labute approximate surface area is 90.1 Å². The van der Waals surface area contributed by atoms with Crippen LogP contribution in [0.1, 0.15) is 40.0 Å². The summed E-state index contributed by atoms with van der Waals surface area (Å²) in [5.74, 6) is 2.73. The van der Waals surface area contributed by atoms with Crippen molar-refractivity contribution in [1.82, 2.24) is 0 Å². The number of hydrogen-bond donors (Lipinski definition) is 0. The molecule has 0 aromatic rings. The van der Waals surface area contributed by atoms with Crippen LogP contribution in [0.15, 0.2) is 0 Å². The van der Waals surface area contributed by atoms with Crippen LogP contribution >= 0.6 is 0 Å². The van der Waals surface area contributed by atoms with Gasteiger partial charge in [-0.1, -0.05) is 20.8 Å². The highest BCUT2D eigenvalue weighted by molar-refractivity contribution is 4.81. The lowest BCUT2D eigenvalue weighted by Gasteiger charge is -2.45. The molecule has 0 aromatic heterocycles. The average Bonchev–Trinajstić information content (AvgIpc) is 2.01. The second-order valence-corrected chi connectivity index (χ2v) is 6.51. The zero-order valence-electron chi connectivity index (χ0n) is 10.9. The van der Waals surface area contributed by atoms with E-state index in [1.807, 2.05) is 0 Å².